The molecule has 0 aliphatic heterocycles. The first-order chi connectivity index (χ1) is 13.8. The van der Waals surface area contributed by atoms with Crippen LogP contribution < -0.4 is 5.32 Å². The van der Waals surface area contributed by atoms with Crippen molar-refractivity contribution in [1.29, 1.82) is 0 Å². The number of nitrogens with zero attached hydrogens (tertiary/aromatic N) is 4. The molecule has 9 heteroatoms. The fourth-order valence-electron chi connectivity index (χ4n) is 3.23. The van der Waals surface area contributed by atoms with Gasteiger partial charge in [-0.05, 0) is 49.6 Å². The van der Waals surface area contributed by atoms with Crippen LogP contribution in [0.3, 0.4) is 0 Å². The predicted octanol–water partition coefficient (Wildman–Crippen LogP) is 4.22. The third kappa shape index (κ3) is 4.33. The van der Waals surface area contributed by atoms with Crippen LogP contribution in [0.5, 0.6) is 0 Å². The molecule has 1 N–H and O–H groups in total. The molecule has 1 aromatic carbocycles. The molecule has 0 radical (unpaired) electrons. The summed E-state index contributed by atoms with van der Waals surface area (Å²) in [5.41, 5.74) is 1.02. The monoisotopic (exact) mass is 403 g/mol. The fraction of sp³-hybridized carbons (Fsp3) is 0.350. The van der Waals surface area contributed by atoms with Crippen molar-refractivity contribution in [3.05, 3.63) is 65.7 Å². The first-order valence-electron chi connectivity index (χ1n) is 9.35. The van der Waals surface area contributed by atoms with E-state index >= 15 is 0 Å². The number of carbonyl (C=O) groups is 1. The zero-order chi connectivity index (χ0) is 20.6. The third-order valence-corrected chi connectivity index (χ3v) is 4.90. The molecule has 1 amide bonds. The van der Waals surface area contributed by atoms with Crippen LogP contribution in [0.4, 0.5) is 18.9 Å². The largest absolute Gasteiger partial charge is 0.435 e. The van der Waals surface area contributed by atoms with Gasteiger partial charge in [-0.1, -0.05) is 12.1 Å². The van der Waals surface area contributed by atoms with E-state index in [9.17, 15) is 18.0 Å². The van der Waals surface area contributed by atoms with E-state index in [1.165, 1.54) is 4.68 Å². The van der Waals surface area contributed by atoms with Crippen LogP contribution in [-0.4, -0.2) is 25.5 Å². The Kier molecular flexibility index (Phi) is 4.89. The highest BCUT2D eigenvalue weighted by Crippen LogP contribution is 2.43. The molecule has 0 saturated heterocycles. The lowest BCUT2D eigenvalue weighted by molar-refractivity contribution is -0.141. The number of carbonyl (C=O) groups excluding carboxylic acids is 1. The van der Waals surface area contributed by atoms with Gasteiger partial charge in [0.25, 0.3) is 0 Å². The van der Waals surface area contributed by atoms with Crippen LogP contribution in [0, 0.1) is 0 Å². The summed E-state index contributed by atoms with van der Waals surface area (Å²) in [4.78, 5) is 12.7. The molecule has 2 aromatic heterocycles. The normalized spacial score (nSPS) is 15.3. The smallest absolute Gasteiger partial charge is 0.324 e. The Morgan fingerprint density at radius 3 is 2.72 bits per heavy atom. The number of hydrogen-bond acceptors (Lipinski definition) is 3. The van der Waals surface area contributed by atoms with Crippen LogP contribution in [-0.2, 0) is 17.5 Å². The van der Waals surface area contributed by atoms with Crippen molar-refractivity contribution in [3.8, 4) is 0 Å². The average Bonchev–Trinajstić information content (AvgIpc) is 3.19. The standard InChI is InChI=1S/C20H20F3N5O/c1-13(28-17(15-6-7-15)11-18(26-28)20(21,22)23)19(29)25-16-5-2-4-14(10-16)12-27-9-3-8-24-27/h2-5,8-11,13,15H,6-7,12H2,1H3,(H,25,29). The number of alkyl halides is 3. The van der Waals surface area contributed by atoms with Crippen LogP contribution >= 0.6 is 0 Å². The number of anilines is 1. The molecule has 152 valence electrons. The second-order valence-electron chi connectivity index (χ2n) is 7.24. The topological polar surface area (TPSA) is 64.7 Å². The molecule has 1 fully saturated rings. The summed E-state index contributed by atoms with van der Waals surface area (Å²) in [6.07, 6.45) is 0.609. The molecule has 0 spiro atoms. The second kappa shape index (κ2) is 7.38. The highest BCUT2D eigenvalue weighted by molar-refractivity contribution is 5.93. The Morgan fingerprint density at radius 2 is 2.07 bits per heavy atom. The van der Waals surface area contributed by atoms with Crippen molar-refractivity contribution >= 4 is 11.6 Å². The van der Waals surface area contributed by atoms with Gasteiger partial charge in [0.1, 0.15) is 6.04 Å². The quantitative estimate of drug-likeness (QED) is 0.670. The van der Waals surface area contributed by atoms with Gasteiger partial charge in [0, 0.05) is 29.7 Å². The van der Waals surface area contributed by atoms with Crippen LogP contribution in [0.1, 0.15) is 48.7 Å². The Balaban J connectivity index is 1.51. The van der Waals surface area contributed by atoms with Gasteiger partial charge in [-0.15, -0.1) is 0 Å². The van der Waals surface area contributed by atoms with Gasteiger partial charge in [0.15, 0.2) is 5.69 Å². The minimum atomic E-state index is -4.54. The summed E-state index contributed by atoms with van der Waals surface area (Å²) < 4.78 is 42.2. The number of aromatic nitrogens is 4. The lowest BCUT2D eigenvalue weighted by atomic mass is 10.2. The SMILES string of the molecule is CC(C(=O)Nc1cccc(Cn2cccn2)c1)n1nc(C(F)(F)F)cc1C1CC1. The summed E-state index contributed by atoms with van der Waals surface area (Å²) in [5, 5.41) is 10.6. The van der Waals surface area contributed by atoms with E-state index < -0.39 is 23.8 Å². The number of benzene rings is 1. The molecule has 1 aliphatic rings. The first kappa shape index (κ1) is 19.2. The van der Waals surface area contributed by atoms with Crippen molar-refractivity contribution in [2.45, 2.75) is 44.4 Å². The van der Waals surface area contributed by atoms with Crippen LogP contribution in [0.25, 0.3) is 0 Å². The minimum absolute atomic E-state index is 0.0336. The number of amides is 1. The molecular formula is C20H20F3N5O. The Labute approximate surface area is 165 Å². The van der Waals surface area contributed by atoms with Gasteiger partial charge in [-0.25, -0.2) is 0 Å². The zero-order valence-corrected chi connectivity index (χ0v) is 15.7. The van der Waals surface area contributed by atoms with Crippen LogP contribution in [0.15, 0.2) is 48.8 Å². The van der Waals surface area contributed by atoms with Gasteiger partial charge in [0.05, 0.1) is 6.54 Å². The predicted molar refractivity (Wildman–Crippen MR) is 100 cm³/mol. The van der Waals surface area contributed by atoms with Crippen molar-refractivity contribution in [1.82, 2.24) is 19.6 Å². The zero-order valence-electron chi connectivity index (χ0n) is 15.7. The van der Waals surface area contributed by atoms with E-state index in [1.54, 1.807) is 23.9 Å². The summed E-state index contributed by atoms with van der Waals surface area (Å²) in [5.74, 6) is -0.383. The van der Waals surface area contributed by atoms with E-state index in [0.717, 1.165) is 24.5 Å². The summed E-state index contributed by atoms with van der Waals surface area (Å²) in [6, 6.07) is 9.30. The highest BCUT2D eigenvalue weighted by Gasteiger charge is 2.39. The lowest BCUT2D eigenvalue weighted by Crippen LogP contribution is -2.26. The summed E-state index contributed by atoms with van der Waals surface area (Å²) in [6.45, 7) is 2.11. The second-order valence-corrected chi connectivity index (χ2v) is 7.24. The average molecular weight is 403 g/mol. The molecule has 0 bridgehead atoms. The molecule has 29 heavy (non-hydrogen) atoms. The molecular weight excluding hydrogens is 383 g/mol. The fourth-order valence-corrected chi connectivity index (χ4v) is 3.23. The van der Waals surface area contributed by atoms with Gasteiger partial charge in [-0.3, -0.25) is 14.2 Å². The van der Waals surface area contributed by atoms with Gasteiger partial charge in [0.2, 0.25) is 5.91 Å². The maximum absolute atomic E-state index is 13.1. The molecule has 1 aliphatic carbocycles. The van der Waals surface area contributed by atoms with Gasteiger partial charge < -0.3 is 5.32 Å². The van der Waals surface area contributed by atoms with Gasteiger partial charge in [-0.2, -0.15) is 23.4 Å². The number of halogens is 3. The molecule has 3 aromatic rings. The molecule has 1 saturated carbocycles. The summed E-state index contributed by atoms with van der Waals surface area (Å²) >= 11 is 0. The first-order valence-corrected chi connectivity index (χ1v) is 9.35. The van der Waals surface area contributed by atoms with Gasteiger partial charge >= 0.3 is 6.18 Å². The number of nitrogens with one attached hydrogen (secondary N) is 1. The highest BCUT2D eigenvalue weighted by atomic mass is 19.4. The lowest BCUT2D eigenvalue weighted by Gasteiger charge is -2.16. The van der Waals surface area contributed by atoms with E-state index in [2.05, 4.69) is 15.5 Å². The Morgan fingerprint density at radius 1 is 1.28 bits per heavy atom. The maximum atomic E-state index is 13.1. The van der Waals surface area contributed by atoms with Crippen molar-refractivity contribution < 1.29 is 18.0 Å². The summed E-state index contributed by atoms with van der Waals surface area (Å²) in [7, 11) is 0. The van der Waals surface area contributed by atoms with E-state index in [0.29, 0.717) is 17.9 Å². The minimum Gasteiger partial charge on any atom is -0.324 e. The number of rotatable bonds is 6. The molecule has 2 heterocycles. The molecule has 1 unspecified atom stereocenters. The molecule has 1 atom stereocenters. The van der Waals surface area contributed by atoms with E-state index in [-0.39, 0.29) is 5.92 Å². The van der Waals surface area contributed by atoms with Crippen LogP contribution in [0.2, 0.25) is 0 Å². The van der Waals surface area contributed by atoms with E-state index in [1.807, 2.05) is 30.5 Å². The third-order valence-electron chi connectivity index (χ3n) is 4.90. The van der Waals surface area contributed by atoms with E-state index in [4.69, 9.17) is 0 Å². The number of hydrogen-bond donors (Lipinski definition) is 1. The maximum Gasteiger partial charge on any atom is 0.435 e. The molecule has 6 nitrogen and oxygen atoms in total. The van der Waals surface area contributed by atoms with Crippen molar-refractivity contribution in [2.75, 3.05) is 5.32 Å². The molecule has 4 rings (SSSR count). The van der Waals surface area contributed by atoms with Crippen molar-refractivity contribution in [3.63, 3.8) is 0 Å². The Hall–Kier alpha value is -3.10. The van der Waals surface area contributed by atoms with Crippen molar-refractivity contribution in [2.24, 2.45) is 0 Å². The Bertz CT molecular complexity index is 1010.